The average molecular weight is 632 g/mol. The molecule has 1 aliphatic rings. The van der Waals surface area contributed by atoms with Gasteiger partial charge in [-0.25, -0.2) is 4.68 Å². The number of carbonyl (C=O) groups excluding carboxylic acids is 1. The summed E-state index contributed by atoms with van der Waals surface area (Å²) in [5, 5.41) is 12.6. The van der Waals surface area contributed by atoms with Gasteiger partial charge in [0.1, 0.15) is 6.04 Å². The third-order valence-electron chi connectivity index (χ3n) is 7.54. The lowest BCUT2D eigenvalue weighted by atomic mass is 9.94. The van der Waals surface area contributed by atoms with Crippen LogP contribution in [0.4, 0.5) is 11.6 Å². The van der Waals surface area contributed by atoms with Gasteiger partial charge < -0.3 is 20.1 Å². The largest absolute Gasteiger partial charge is 0.493 e. The fourth-order valence-electron chi connectivity index (χ4n) is 5.14. The lowest BCUT2D eigenvalue weighted by molar-refractivity contribution is -0.113. The molecular weight excluding hydrogens is 594 g/mol. The molecule has 1 aromatic heterocycles. The predicted molar refractivity (Wildman–Crippen MR) is 178 cm³/mol. The van der Waals surface area contributed by atoms with Crippen molar-refractivity contribution in [3.05, 3.63) is 99.7 Å². The maximum absolute atomic E-state index is 14.0. The number of aromatic nitrogens is 3. The number of benzene rings is 3. The Hall–Kier alpha value is -3.95. The first-order chi connectivity index (χ1) is 21.4. The van der Waals surface area contributed by atoms with Crippen LogP contribution in [0, 0.1) is 6.92 Å². The Bertz CT molecular complexity index is 1650. The monoisotopic (exact) mass is 631 g/mol. The summed E-state index contributed by atoms with van der Waals surface area (Å²) in [7, 11) is 1.63. The number of para-hydroxylation sites is 1. The summed E-state index contributed by atoms with van der Waals surface area (Å²) in [6, 6.07) is 20.7. The molecule has 0 bridgehead atoms. The van der Waals surface area contributed by atoms with Crippen molar-refractivity contribution in [1.29, 1.82) is 0 Å². The predicted octanol–water partition coefficient (Wildman–Crippen LogP) is 8.43. The number of nitrogens with zero attached hydrogens (tertiary/aromatic N) is 3. The molecule has 0 aliphatic carbocycles. The first-order valence-corrected chi connectivity index (χ1v) is 16.2. The van der Waals surface area contributed by atoms with Gasteiger partial charge in [-0.2, -0.15) is 4.98 Å². The summed E-state index contributed by atoms with van der Waals surface area (Å²) in [6.45, 7) is 6.67. The van der Waals surface area contributed by atoms with E-state index < -0.39 is 6.04 Å². The normalized spacial score (nSPS) is 14.2. The van der Waals surface area contributed by atoms with Gasteiger partial charge in [-0.05, 0) is 61.2 Å². The molecule has 3 aromatic carbocycles. The number of halogens is 1. The van der Waals surface area contributed by atoms with Crippen LogP contribution in [0.3, 0.4) is 0 Å². The molecule has 1 atom stereocenters. The van der Waals surface area contributed by atoms with Gasteiger partial charge in [-0.1, -0.05) is 92.0 Å². The van der Waals surface area contributed by atoms with Crippen molar-refractivity contribution in [3.8, 4) is 11.5 Å². The van der Waals surface area contributed by atoms with Crippen LogP contribution in [0.15, 0.2) is 83.2 Å². The quantitative estimate of drug-likeness (QED) is 0.113. The zero-order valence-electron chi connectivity index (χ0n) is 25.5. The molecule has 0 spiro atoms. The van der Waals surface area contributed by atoms with E-state index in [1.54, 1.807) is 11.8 Å². The van der Waals surface area contributed by atoms with Crippen LogP contribution in [0.2, 0.25) is 5.02 Å². The van der Waals surface area contributed by atoms with Crippen LogP contribution >= 0.6 is 23.4 Å². The Labute approximate surface area is 268 Å². The van der Waals surface area contributed by atoms with Gasteiger partial charge in [0.25, 0.3) is 5.91 Å². The minimum atomic E-state index is -0.565. The number of nitrogens with one attached hydrogen (secondary N) is 2. The van der Waals surface area contributed by atoms with Gasteiger partial charge in [0.05, 0.1) is 19.3 Å². The highest BCUT2D eigenvalue weighted by atomic mass is 35.5. The number of methoxy groups -OCH3 is 1. The van der Waals surface area contributed by atoms with Crippen molar-refractivity contribution < 1.29 is 14.3 Å². The number of allylic oxidation sites excluding steroid dienone is 1. The highest BCUT2D eigenvalue weighted by molar-refractivity contribution is 7.98. The highest BCUT2D eigenvalue weighted by Gasteiger charge is 2.35. The highest BCUT2D eigenvalue weighted by Crippen LogP contribution is 2.40. The molecule has 10 heteroatoms. The van der Waals surface area contributed by atoms with Crippen LogP contribution in [0.1, 0.15) is 62.3 Å². The van der Waals surface area contributed by atoms with Crippen LogP contribution in [0.5, 0.6) is 11.5 Å². The van der Waals surface area contributed by atoms with Gasteiger partial charge in [0.2, 0.25) is 11.1 Å². The Morgan fingerprint density at radius 3 is 2.61 bits per heavy atom. The molecule has 0 saturated heterocycles. The SMILES string of the molecule is CCCCCCOc1ccc(C2C(C(=O)Nc3ccccc3C)=C(C)Nc3nc(SCc4ccccc4Cl)nn32)cc1OC. The fourth-order valence-corrected chi connectivity index (χ4v) is 6.25. The van der Waals surface area contributed by atoms with Crippen LogP contribution < -0.4 is 20.1 Å². The molecule has 0 radical (unpaired) electrons. The second-order valence-electron chi connectivity index (χ2n) is 10.7. The van der Waals surface area contributed by atoms with E-state index in [0.717, 1.165) is 35.2 Å². The number of thioether (sulfide) groups is 1. The molecule has 2 N–H and O–H groups in total. The summed E-state index contributed by atoms with van der Waals surface area (Å²) in [5.41, 5.74) is 4.77. The average Bonchev–Trinajstić information content (AvgIpc) is 3.43. The number of hydrogen-bond acceptors (Lipinski definition) is 7. The van der Waals surface area contributed by atoms with Crippen molar-refractivity contribution in [3.63, 3.8) is 0 Å². The minimum absolute atomic E-state index is 0.226. The van der Waals surface area contributed by atoms with Crippen molar-refractivity contribution in [1.82, 2.24) is 14.8 Å². The van der Waals surface area contributed by atoms with E-state index >= 15 is 0 Å². The Morgan fingerprint density at radius 1 is 1.05 bits per heavy atom. The van der Waals surface area contributed by atoms with Gasteiger partial charge in [0.15, 0.2) is 11.5 Å². The molecule has 1 amide bonds. The molecule has 0 saturated carbocycles. The first kappa shape index (κ1) is 31.5. The topological polar surface area (TPSA) is 90.3 Å². The van der Waals surface area contributed by atoms with Crippen molar-refractivity contribution in [2.24, 2.45) is 0 Å². The Balaban J connectivity index is 1.48. The van der Waals surface area contributed by atoms with Gasteiger partial charge in [0, 0.05) is 22.2 Å². The molecule has 8 nitrogen and oxygen atoms in total. The van der Waals surface area contributed by atoms with E-state index in [2.05, 4.69) is 17.6 Å². The second-order valence-corrected chi connectivity index (χ2v) is 12.0. The summed E-state index contributed by atoms with van der Waals surface area (Å²) < 4.78 is 13.6. The Kier molecular flexibility index (Phi) is 10.5. The summed E-state index contributed by atoms with van der Waals surface area (Å²) in [5.74, 6) is 2.21. The molecular formula is C34H38ClN5O3S. The number of ether oxygens (including phenoxy) is 2. The number of amides is 1. The van der Waals surface area contributed by atoms with E-state index in [9.17, 15) is 4.79 Å². The smallest absolute Gasteiger partial charge is 0.255 e. The van der Waals surface area contributed by atoms with E-state index in [1.165, 1.54) is 24.6 Å². The lowest BCUT2D eigenvalue weighted by Gasteiger charge is -2.29. The van der Waals surface area contributed by atoms with E-state index in [1.807, 2.05) is 80.6 Å². The molecule has 1 aliphatic heterocycles. The van der Waals surface area contributed by atoms with Gasteiger partial charge >= 0.3 is 0 Å². The maximum Gasteiger partial charge on any atom is 0.255 e. The minimum Gasteiger partial charge on any atom is -0.493 e. The standard InChI is InChI=1S/C34H38ClN5O3S/c1-5-6-7-12-19-43-28-18-17-24(20-29(28)42-4)31-30(32(41)37-27-16-11-8-13-22(27)2)23(3)36-33-38-34(39-40(31)33)44-21-25-14-9-10-15-26(25)35/h8-11,13-18,20,31H,5-7,12,19,21H2,1-4H3,(H,37,41)(H,36,38,39). The first-order valence-electron chi connectivity index (χ1n) is 14.9. The number of aryl methyl sites for hydroxylation is 1. The summed E-state index contributed by atoms with van der Waals surface area (Å²) in [4.78, 5) is 18.8. The number of hydrogen-bond donors (Lipinski definition) is 2. The molecule has 44 heavy (non-hydrogen) atoms. The second kappa shape index (κ2) is 14.7. The molecule has 2 heterocycles. The lowest BCUT2D eigenvalue weighted by Crippen LogP contribution is -2.31. The van der Waals surface area contributed by atoms with Crippen LogP contribution in [0.25, 0.3) is 0 Å². The van der Waals surface area contributed by atoms with Crippen molar-refractivity contribution >= 4 is 40.9 Å². The molecule has 0 fully saturated rings. The van der Waals surface area contributed by atoms with Crippen molar-refractivity contribution in [2.75, 3.05) is 24.4 Å². The third kappa shape index (κ3) is 7.22. The van der Waals surface area contributed by atoms with Crippen LogP contribution in [-0.2, 0) is 10.5 Å². The number of rotatable bonds is 13. The molecule has 4 aromatic rings. The number of anilines is 2. The van der Waals surface area contributed by atoms with Crippen molar-refractivity contribution in [2.45, 2.75) is 63.4 Å². The fraction of sp³-hybridized carbons (Fsp3) is 0.324. The third-order valence-corrected chi connectivity index (χ3v) is 8.80. The Morgan fingerprint density at radius 2 is 1.84 bits per heavy atom. The van der Waals surface area contributed by atoms with E-state index in [-0.39, 0.29) is 5.91 Å². The number of fused-ring (bicyclic) bond motifs is 1. The number of unbranched alkanes of at least 4 members (excludes halogenated alkanes) is 3. The van der Waals surface area contributed by atoms with E-state index in [4.69, 9.17) is 31.2 Å². The van der Waals surface area contributed by atoms with Gasteiger partial charge in [-0.3, -0.25) is 4.79 Å². The zero-order chi connectivity index (χ0) is 31.1. The molecule has 1 unspecified atom stereocenters. The molecule has 230 valence electrons. The molecule has 5 rings (SSSR count). The van der Waals surface area contributed by atoms with E-state index in [0.29, 0.717) is 51.3 Å². The van der Waals surface area contributed by atoms with Crippen LogP contribution in [-0.4, -0.2) is 34.4 Å². The number of carbonyl (C=O) groups is 1. The van der Waals surface area contributed by atoms with Gasteiger partial charge in [-0.15, -0.1) is 5.10 Å². The summed E-state index contributed by atoms with van der Waals surface area (Å²) in [6.07, 6.45) is 4.47. The maximum atomic E-state index is 14.0. The zero-order valence-corrected chi connectivity index (χ0v) is 27.1. The summed E-state index contributed by atoms with van der Waals surface area (Å²) >= 11 is 7.88.